The molecule has 0 atom stereocenters. The Bertz CT molecular complexity index is 263. The van der Waals surface area contributed by atoms with E-state index in [1.807, 2.05) is 0 Å². The van der Waals surface area contributed by atoms with Crippen molar-refractivity contribution in [3.05, 3.63) is 0 Å². The molecule has 0 bridgehead atoms. The van der Waals surface area contributed by atoms with Crippen molar-refractivity contribution in [1.29, 1.82) is 0 Å². The summed E-state index contributed by atoms with van der Waals surface area (Å²) in [5.74, 6) is -7.85. The number of carboxylic acid groups (broad SMARTS) is 2. The average Bonchev–Trinajstić information content (AvgIpc) is 2.03. The van der Waals surface area contributed by atoms with Gasteiger partial charge in [-0.05, 0) is 0 Å². The van der Waals surface area contributed by atoms with Crippen LogP contribution in [0.15, 0.2) is 0 Å². The minimum absolute atomic E-state index is 0. The first-order valence-electron chi connectivity index (χ1n) is 2.90. The summed E-state index contributed by atoms with van der Waals surface area (Å²) >= 11 is 0. The second-order valence-corrected chi connectivity index (χ2v) is 1.73. The number of hydrogen-bond acceptors (Lipinski definition) is 7. The number of carbonyl (C=O) groups is 4. The quantitative estimate of drug-likeness (QED) is 0.330. The Morgan fingerprint density at radius 1 is 0.812 bits per heavy atom. The van der Waals surface area contributed by atoms with E-state index in [0.717, 1.165) is 0 Å². The van der Waals surface area contributed by atoms with Crippen LogP contribution in [0.4, 0.5) is 0 Å². The zero-order valence-electron chi connectivity index (χ0n) is 6.37. The molecule has 80 valence electrons. The van der Waals surface area contributed by atoms with E-state index in [2.05, 4.69) is 9.31 Å². The summed E-state index contributed by atoms with van der Waals surface area (Å²) in [5, 5.41) is 24.3. The molecule has 16 heavy (non-hydrogen) atoms. The predicted molar refractivity (Wildman–Crippen MR) is 49.7 cm³/mol. The summed E-state index contributed by atoms with van der Waals surface area (Å²) in [5.41, 5.74) is 0. The predicted octanol–water partition coefficient (Wildman–Crippen LogP) is -4.08. The van der Waals surface area contributed by atoms with Gasteiger partial charge in [-0.2, -0.15) is 0 Å². The van der Waals surface area contributed by atoms with Gasteiger partial charge in [-0.1, -0.05) is 0 Å². The molecule has 12 heteroatoms. The first-order valence-corrected chi connectivity index (χ1v) is 2.90. The standard InChI is InChI=1S/C4H3BO9.2Na.2H/c6-1(7)3(10)13-5(12)14-4(11)2(8)9;;;;/h12H,(H,6,7)(H,8,9);;;;. The number of hydrogen-bond donors (Lipinski definition) is 3. The van der Waals surface area contributed by atoms with Crippen LogP contribution in [0.25, 0.3) is 0 Å². The van der Waals surface area contributed by atoms with E-state index in [1.54, 1.807) is 0 Å². The van der Waals surface area contributed by atoms with Gasteiger partial charge >= 0.3 is 90.3 Å². The van der Waals surface area contributed by atoms with Crippen LogP contribution >= 0.6 is 0 Å². The van der Waals surface area contributed by atoms with Gasteiger partial charge in [-0.25, -0.2) is 19.2 Å². The average molecular weight is 254 g/mol. The molecule has 0 heterocycles. The summed E-state index contributed by atoms with van der Waals surface area (Å²) in [7, 11) is -2.57. The molecule has 0 aliphatic carbocycles. The molecule has 0 amide bonds. The van der Waals surface area contributed by atoms with Crippen LogP contribution < -0.4 is 0 Å². The molecule has 0 rings (SSSR count). The second kappa shape index (κ2) is 10.1. The third-order valence-electron chi connectivity index (χ3n) is 0.765. The van der Waals surface area contributed by atoms with Gasteiger partial charge in [-0.15, -0.1) is 0 Å². The van der Waals surface area contributed by atoms with Crippen molar-refractivity contribution in [2.24, 2.45) is 0 Å². The SMILES string of the molecule is O=C(O)C(=O)OB(O)OC(=O)C(=O)O.[NaH].[NaH]. The second-order valence-electron chi connectivity index (χ2n) is 1.73. The molecule has 0 saturated carbocycles. The molecular weight excluding hydrogens is 249 g/mol. The maximum absolute atomic E-state index is 10.2. The van der Waals surface area contributed by atoms with Crippen LogP contribution in [-0.4, -0.2) is 106 Å². The van der Waals surface area contributed by atoms with Gasteiger partial charge in [0.25, 0.3) is 0 Å². The molecular formula is C4H5BNa2O9. The van der Waals surface area contributed by atoms with Crippen molar-refractivity contribution in [2.75, 3.05) is 0 Å². The Morgan fingerprint density at radius 3 is 1.25 bits per heavy atom. The molecule has 0 aliphatic rings. The Balaban J connectivity index is -0.000000845. The Kier molecular flexibility index (Phi) is 13.4. The van der Waals surface area contributed by atoms with E-state index in [-0.39, 0.29) is 59.1 Å². The van der Waals surface area contributed by atoms with Gasteiger partial charge in [0.15, 0.2) is 0 Å². The van der Waals surface area contributed by atoms with E-state index in [0.29, 0.717) is 0 Å². The first-order chi connectivity index (χ1) is 6.34. The van der Waals surface area contributed by atoms with Crippen molar-refractivity contribution in [3.63, 3.8) is 0 Å². The van der Waals surface area contributed by atoms with Crippen molar-refractivity contribution in [3.8, 4) is 0 Å². The molecule has 0 unspecified atom stereocenters. The van der Waals surface area contributed by atoms with E-state index in [9.17, 15) is 19.2 Å². The Labute approximate surface area is 133 Å². The van der Waals surface area contributed by atoms with Crippen LogP contribution in [0, 0.1) is 0 Å². The van der Waals surface area contributed by atoms with Crippen LogP contribution in [0.2, 0.25) is 0 Å². The normalized spacial score (nSPS) is 7.56. The van der Waals surface area contributed by atoms with Gasteiger partial charge in [0.1, 0.15) is 0 Å². The third-order valence-corrected chi connectivity index (χ3v) is 0.765. The van der Waals surface area contributed by atoms with Crippen LogP contribution in [-0.2, 0) is 28.5 Å². The molecule has 0 aromatic rings. The van der Waals surface area contributed by atoms with Gasteiger partial charge < -0.3 is 24.5 Å². The molecule has 0 aromatic carbocycles. The van der Waals surface area contributed by atoms with Crippen LogP contribution in [0.3, 0.4) is 0 Å². The van der Waals surface area contributed by atoms with Gasteiger partial charge in [0.2, 0.25) is 0 Å². The Hall–Kier alpha value is -0.0951. The summed E-state index contributed by atoms with van der Waals surface area (Å²) in [6.07, 6.45) is 0. The van der Waals surface area contributed by atoms with Gasteiger partial charge in [-0.3, -0.25) is 0 Å². The van der Waals surface area contributed by atoms with Gasteiger partial charge in [0.05, 0.1) is 0 Å². The summed E-state index contributed by atoms with van der Waals surface area (Å²) in [6.45, 7) is 0. The molecule has 0 saturated heterocycles. The summed E-state index contributed by atoms with van der Waals surface area (Å²) in [4.78, 5) is 40.0. The molecule has 0 aromatic heterocycles. The topological polar surface area (TPSA) is 147 Å². The molecule has 0 radical (unpaired) electrons. The van der Waals surface area contributed by atoms with Crippen LogP contribution in [0.5, 0.6) is 0 Å². The fraction of sp³-hybridized carbons (Fsp3) is 0. The molecule has 3 N–H and O–H groups in total. The van der Waals surface area contributed by atoms with Crippen molar-refractivity contribution in [2.45, 2.75) is 0 Å². The van der Waals surface area contributed by atoms with Crippen molar-refractivity contribution in [1.82, 2.24) is 0 Å². The maximum atomic E-state index is 10.2. The summed E-state index contributed by atoms with van der Waals surface area (Å²) < 4.78 is 7.09. The fourth-order valence-corrected chi connectivity index (χ4v) is 0.308. The molecule has 9 nitrogen and oxygen atoms in total. The molecule has 0 spiro atoms. The van der Waals surface area contributed by atoms with E-state index in [1.165, 1.54) is 0 Å². The van der Waals surface area contributed by atoms with E-state index >= 15 is 0 Å². The first kappa shape index (κ1) is 21.2. The summed E-state index contributed by atoms with van der Waals surface area (Å²) in [6, 6.07) is 0. The zero-order valence-corrected chi connectivity index (χ0v) is 6.37. The Morgan fingerprint density at radius 2 is 1.06 bits per heavy atom. The van der Waals surface area contributed by atoms with E-state index in [4.69, 9.17) is 15.2 Å². The van der Waals surface area contributed by atoms with Crippen molar-refractivity contribution < 1.29 is 43.7 Å². The van der Waals surface area contributed by atoms with Crippen LogP contribution in [0.1, 0.15) is 0 Å². The van der Waals surface area contributed by atoms with Gasteiger partial charge in [0, 0.05) is 0 Å². The monoisotopic (exact) mass is 254 g/mol. The number of carboxylic acids is 2. The fourth-order valence-electron chi connectivity index (χ4n) is 0.308. The number of aliphatic carboxylic acids is 2. The minimum atomic E-state index is -2.57. The van der Waals surface area contributed by atoms with E-state index < -0.39 is 31.2 Å². The van der Waals surface area contributed by atoms with Crippen molar-refractivity contribution >= 4 is 90.3 Å². The zero-order chi connectivity index (χ0) is 11.3. The molecule has 0 fully saturated rings. The number of rotatable bonds is 2. The third kappa shape index (κ3) is 9.15. The number of carbonyl (C=O) groups excluding carboxylic acids is 2. The molecule has 0 aliphatic heterocycles.